The molecule has 0 aliphatic carbocycles. The van der Waals surface area contributed by atoms with Crippen molar-refractivity contribution in [3.05, 3.63) is 17.5 Å². The molecule has 2 rings (SSSR count). The smallest absolute Gasteiger partial charge is 0.0625 e. The average Bonchev–Trinajstić information content (AvgIpc) is 2.69. The van der Waals surface area contributed by atoms with Crippen LogP contribution < -0.4 is 5.32 Å². The number of rotatable bonds is 4. The molecular formula is C13H23N3O. The van der Waals surface area contributed by atoms with Crippen LogP contribution in [0.5, 0.6) is 0 Å². The van der Waals surface area contributed by atoms with Crippen LogP contribution in [0.2, 0.25) is 0 Å². The van der Waals surface area contributed by atoms with Crippen LogP contribution in [0.25, 0.3) is 0 Å². The summed E-state index contributed by atoms with van der Waals surface area (Å²) in [6.45, 7) is 7.05. The highest BCUT2D eigenvalue weighted by Gasteiger charge is 2.26. The number of hydrogen-bond donors (Lipinski definition) is 1. The number of hydrogen-bond acceptors (Lipinski definition) is 3. The van der Waals surface area contributed by atoms with Gasteiger partial charge in [-0.15, -0.1) is 0 Å². The number of aromatic nitrogens is 2. The van der Waals surface area contributed by atoms with E-state index in [0.29, 0.717) is 0 Å². The second kappa shape index (κ2) is 5.19. The van der Waals surface area contributed by atoms with Crippen molar-refractivity contribution in [1.29, 1.82) is 0 Å². The van der Waals surface area contributed by atoms with Gasteiger partial charge in [0.1, 0.15) is 0 Å². The molecule has 0 amide bonds. The number of nitrogens with one attached hydrogen (secondary N) is 1. The van der Waals surface area contributed by atoms with Gasteiger partial charge in [0, 0.05) is 32.3 Å². The molecule has 0 bridgehead atoms. The van der Waals surface area contributed by atoms with Crippen molar-refractivity contribution in [3.63, 3.8) is 0 Å². The van der Waals surface area contributed by atoms with Gasteiger partial charge in [0.2, 0.25) is 0 Å². The summed E-state index contributed by atoms with van der Waals surface area (Å²) >= 11 is 0. The Bertz CT molecular complexity index is 367. The van der Waals surface area contributed by atoms with E-state index >= 15 is 0 Å². The fourth-order valence-corrected chi connectivity index (χ4v) is 2.21. The van der Waals surface area contributed by atoms with E-state index in [1.807, 2.05) is 11.7 Å². The molecule has 1 aliphatic rings. The number of aryl methyl sites for hydroxylation is 2. The third kappa shape index (κ3) is 3.07. The second-order valence-corrected chi connectivity index (χ2v) is 5.13. The van der Waals surface area contributed by atoms with Gasteiger partial charge in [-0.05, 0) is 32.3 Å². The molecule has 1 aromatic rings. The standard InChI is InChI=1S/C13H23N3O/c1-4-11-9-12(16(3)15-11)10-14-13(2)5-7-17-8-6-13/h9,14H,4-8,10H2,1-3H3. The zero-order valence-electron chi connectivity index (χ0n) is 11.1. The van der Waals surface area contributed by atoms with Gasteiger partial charge >= 0.3 is 0 Å². The Morgan fingerprint density at radius 1 is 1.47 bits per heavy atom. The van der Waals surface area contributed by atoms with Gasteiger partial charge in [-0.1, -0.05) is 6.92 Å². The Hall–Kier alpha value is -0.870. The first kappa shape index (κ1) is 12.6. The molecule has 2 heterocycles. The molecule has 0 radical (unpaired) electrons. The molecule has 17 heavy (non-hydrogen) atoms. The van der Waals surface area contributed by atoms with E-state index in [4.69, 9.17) is 4.74 Å². The molecule has 1 fully saturated rings. The van der Waals surface area contributed by atoms with Crippen molar-refractivity contribution < 1.29 is 4.74 Å². The van der Waals surface area contributed by atoms with Gasteiger partial charge in [-0.3, -0.25) is 4.68 Å². The molecule has 1 N–H and O–H groups in total. The highest BCUT2D eigenvalue weighted by atomic mass is 16.5. The highest BCUT2D eigenvalue weighted by molar-refractivity contribution is 5.10. The van der Waals surface area contributed by atoms with Crippen molar-refractivity contribution in [3.8, 4) is 0 Å². The molecule has 1 saturated heterocycles. The maximum absolute atomic E-state index is 5.40. The van der Waals surface area contributed by atoms with Crippen LogP contribution in [0.3, 0.4) is 0 Å². The van der Waals surface area contributed by atoms with Crippen molar-refractivity contribution in [2.24, 2.45) is 7.05 Å². The van der Waals surface area contributed by atoms with E-state index in [1.165, 1.54) is 11.4 Å². The lowest BCUT2D eigenvalue weighted by molar-refractivity contribution is 0.0444. The predicted octanol–water partition coefficient (Wildman–Crippen LogP) is 1.64. The van der Waals surface area contributed by atoms with Crippen LogP contribution in [0.1, 0.15) is 38.1 Å². The monoisotopic (exact) mass is 237 g/mol. The summed E-state index contributed by atoms with van der Waals surface area (Å²) in [6, 6.07) is 2.19. The van der Waals surface area contributed by atoms with E-state index in [0.717, 1.165) is 39.0 Å². The molecule has 0 spiro atoms. The maximum atomic E-state index is 5.40. The lowest BCUT2D eigenvalue weighted by atomic mass is 9.92. The third-order valence-electron chi connectivity index (χ3n) is 3.68. The Kier molecular flexibility index (Phi) is 3.84. The molecule has 4 nitrogen and oxygen atoms in total. The quantitative estimate of drug-likeness (QED) is 0.865. The van der Waals surface area contributed by atoms with Crippen LogP contribution >= 0.6 is 0 Å². The summed E-state index contributed by atoms with van der Waals surface area (Å²) in [5.74, 6) is 0. The molecule has 96 valence electrons. The minimum atomic E-state index is 0.217. The summed E-state index contributed by atoms with van der Waals surface area (Å²) in [4.78, 5) is 0. The lowest BCUT2D eigenvalue weighted by Gasteiger charge is -2.34. The summed E-state index contributed by atoms with van der Waals surface area (Å²) in [5, 5.41) is 8.12. The molecule has 1 aromatic heterocycles. The molecular weight excluding hydrogens is 214 g/mol. The minimum Gasteiger partial charge on any atom is -0.381 e. The summed E-state index contributed by atoms with van der Waals surface area (Å²) in [7, 11) is 2.02. The predicted molar refractivity (Wildman–Crippen MR) is 67.9 cm³/mol. The first-order valence-corrected chi connectivity index (χ1v) is 6.47. The van der Waals surface area contributed by atoms with Gasteiger partial charge < -0.3 is 10.1 Å². The zero-order chi connectivity index (χ0) is 12.3. The molecule has 0 unspecified atom stereocenters. The van der Waals surface area contributed by atoms with Crippen molar-refractivity contribution in [1.82, 2.24) is 15.1 Å². The van der Waals surface area contributed by atoms with Crippen LogP contribution in [-0.2, 0) is 24.8 Å². The normalized spacial score (nSPS) is 19.5. The highest BCUT2D eigenvalue weighted by Crippen LogP contribution is 2.20. The first-order chi connectivity index (χ1) is 8.13. The molecule has 0 atom stereocenters. The Balaban J connectivity index is 1.94. The van der Waals surface area contributed by atoms with Crippen LogP contribution in [0.4, 0.5) is 0 Å². The minimum absolute atomic E-state index is 0.217. The first-order valence-electron chi connectivity index (χ1n) is 6.47. The van der Waals surface area contributed by atoms with Crippen LogP contribution in [0, 0.1) is 0 Å². The van der Waals surface area contributed by atoms with E-state index in [9.17, 15) is 0 Å². The summed E-state index contributed by atoms with van der Waals surface area (Å²) in [5.41, 5.74) is 2.64. The summed E-state index contributed by atoms with van der Waals surface area (Å²) < 4.78 is 7.39. The van der Waals surface area contributed by atoms with E-state index < -0.39 is 0 Å². The SMILES string of the molecule is CCc1cc(CNC2(C)CCOCC2)n(C)n1. The fourth-order valence-electron chi connectivity index (χ4n) is 2.21. The van der Waals surface area contributed by atoms with Crippen LogP contribution in [0.15, 0.2) is 6.07 Å². The number of ether oxygens (including phenoxy) is 1. The Labute approximate surface area is 103 Å². The Morgan fingerprint density at radius 3 is 2.76 bits per heavy atom. The molecule has 0 aromatic carbocycles. The average molecular weight is 237 g/mol. The third-order valence-corrected chi connectivity index (χ3v) is 3.68. The molecule has 4 heteroatoms. The van der Waals surface area contributed by atoms with E-state index in [-0.39, 0.29) is 5.54 Å². The zero-order valence-corrected chi connectivity index (χ0v) is 11.1. The van der Waals surface area contributed by atoms with Gasteiger partial charge in [0.25, 0.3) is 0 Å². The van der Waals surface area contributed by atoms with Crippen LogP contribution in [-0.4, -0.2) is 28.5 Å². The van der Waals surface area contributed by atoms with Crippen molar-refractivity contribution in [2.45, 2.75) is 45.2 Å². The van der Waals surface area contributed by atoms with Crippen molar-refractivity contribution in [2.75, 3.05) is 13.2 Å². The largest absolute Gasteiger partial charge is 0.381 e. The van der Waals surface area contributed by atoms with Crippen molar-refractivity contribution >= 4 is 0 Å². The Morgan fingerprint density at radius 2 is 2.18 bits per heavy atom. The summed E-state index contributed by atoms with van der Waals surface area (Å²) in [6.07, 6.45) is 3.18. The van der Waals surface area contributed by atoms with E-state index in [2.05, 4.69) is 30.3 Å². The molecule has 1 aliphatic heterocycles. The number of nitrogens with zero attached hydrogens (tertiary/aromatic N) is 2. The maximum Gasteiger partial charge on any atom is 0.0625 e. The fraction of sp³-hybridized carbons (Fsp3) is 0.769. The van der Waals surface area contributed by atoms with Gasteiger partial charge in [0.15, 0.2) is 0 Å². The second-order valence-electron chi connectivity index (χ2n) is 5.13. The lowest BCUT2D eigenvalue weighted by Crippen LogP contribution is -2.46. The molecule has 0 saturated carbocycles. The van der Waals surface area contributed by atoms with E-state index in [1.54, 1.807) is 0 Å². The van der Waals surface area contributed by atoms with Gasteiger partial charge in [0.05, 0.1) is 11.4 Å². The van der Waals surface area contributed by atoms with Gasteiger partial charge in [-0.2, -0.15) is 5.10 Å². The van der Waals surface area contributed by atoms with Gasteiger partial charge in [-0.25, -0.2) is 0 Å². The topological polar surface area (TPSA) is 39.1 Å².